The van der Waals surface area contributed by atoms with Gasteiger partial charge in [0, 0.05) is 82.2 Å². The van der Waals surface area contributed by atoms with Crippen LogP contribution in [0.1, 0.15) is 193 Å². The Hall–Kier alpha value is -8.88. The molecule has 4 fully saturated rings. The Morgan fingerprint density at radius 1 is 0.496 bits per heavy atom. The van der Waals surface area contributed by atoms with Gasteiger partial charge in [-0.15, -0.1) is 11.6 Å². The molecular weight excluding hydrogens is 1480 g/mol. The number of alkyl halides is 1. The summed E-state index contributed by atoms with van der Waals surface area (Å²) < 4.78 is 61.8. The topological polar surface area (TPSA) is 306 Å². The standard InChI is InChI=1S/C18H23N3O3.C18H27NO3.C14H22O.C13H19NO.C11H21NO5S.C8H10O.C5H5ClN2O2/c1-12-4-3-5-16(13(12)2)24-15-6-8-21(9-7-15)11-14-10-17(22)20-18(23)19-14;1-13-7-6-8-16(14(13)2)21-15-9-11-19(12-10-15)17(20)22-18(3,4)5;1-5-8-13(6-2)15-14-10-7-9-11(3)12(14)4;1-10-4-3-5-13(11(10)2)15-12-6-8-14-9-7-12;1-11(2,3)16-10(13)12-7-5-9(6-8-12)17-18(4,14)15;1-6-4-3-5-8(9)7(6)2;6-2-3-1-4(9)8-5(10)7-3/h3-5,10,15H,6-9,11H2,1-2H3,(H2,19,20,22,23);6-8,15H,9-12H2,1-5H3;7,9-10,13H,5-6,8H2,1-4H3;3-5,12,14H,6-9H2,1-2H3;9H,5-8H2,1-4H3;3-5,9H,1-2H3;1H,2H2,(H2,7,8,9,10). The molecule has 7 aromatic rings. The molecule has 4 aliphatic heterocycles. The van der Waals surface area contributed by atoms with Gasteiger partial charge in [0.15, 0.2) is 0 Å². The summed E-state index contributed by atoms with van der Waals surface area (Å²) in [6.07, 6.45) is 11.5. The quantitative estimate of drug-likeness (QED) is 0.0387. The predicted molar refractivity (Wildman–Crippen MR) is 449 cm³/mol. The van der Waals surface area contributed by atoms with E-state index in [4.69, 9.17) is 49.3 Å². The van der Waals surface area contributed by atoms with Crippen LogP contribution in [0.5, 0.6) is 28.7 Å². The molecule has 26 heteroatoms. The number of aromatic nitrogens is 4. The van der Waals surface area contributed by atoms with E-state index in [1.54, 1.807) is 15.9 Å². The zero-order valence-electron chi connectivity index (χ0n) is 70.2. The van der Waals surface area contributed by atoms with Crippen molar-refractivity contribution in [3.63, 3.8) is 0 Å². The number of ether oxygens (including phenoxy) is 6. The number of nitrogens with one attached hydrogen (secondary N) is 5. The van der Waals surface area contributed by atoms with Gasteiger partial charge in [-0.1, -0.05) is 80.9 Å². The Bertz CT molecular complexity index is 4330. The summed E-state index contributed by atoms with van der Waals surface area (Å²) in [7, 11) is -3.42. The molecule has 0 saturated carbocycles. The van der Waals surface area contributed by atoms with Crippen LogP contribution in [0.15, 0.2) is 122 Å². The van der Waals surface area contributed by atoms with Gasteiger partial charge in [-0.2, -0.15) is 8.42 Å². The van der Waals surface area contributed by atoms with Crippen molar-refractivity contribution >= 4 is 33.9 Å². The van der Waals surface area contributed by atoms with Crippen LogP contribution in [0.2, 0.25) is 0 Å². The van der Waals surface area contributed by atoms with Gasteiger partial charge in [-0.3, -0.25) is 28.6 Å². The molecule has 0 aliphatic carbocycles. The molecule has 2 aromatic heterocycles. The summed E-state index contributed by atoms with van der Waals surface area (Å²) in [5.41, 5.74) is 10.5. The van der Waals surface area contributed by atoms with Gasteiger partial charge in [-0.25, -0.2) is 19.2 Å². The lowest BCUT2D eigenvalue weighted by Crippen LogP contribution is -2.44. The highest BCUT2D eigenvalue weighted by Crippen LogP contribution is 2.30. The Kier molecular flexibility index (Phi) is 39.0. The number of H-pyrrole nitrogens is 4. The summed E-state index contributed by atoms with van der Waals surface area (Å²) in [6.45, 7) is 43.0. The maximum Gasteiger partial charge on any atom is 0.410 e. The molecule has 4 aliphatic rings. The van der Waals surface area contributed by atoms with E-state index in [9.17, 15) is 37.2 Å². The third kappa shape index (κ3) is 35.2. The first-order valence-electron chi connectivity index (χ1n) is 39.4. The van der Waals surface area contributed by atoms with E-state index in [0.29, 0.717) is 74.9 Å². The molecule has 1 atom stereocenters. The average Bonchev–Trinajstić information content (AvgIpc) is 0.849. The van der Waals surface area contributed by atoms with Crippen molar-refractivity contribution in [2.75, 3.05) is 58.6 Å². The van der Waals surface area contributed by atoms with Gasteiger partial charge >= 0.3 is 23.6 Å². The van der Waals surface area contributed by atoms with Crippen molar-refractivity contribution in [1.29, 1.82) is 0 Å². The molecule has 4 saturated heterocycles. The average molecular weight is 1610 g/mol. The van der Waals surface area contributed by atoms with Gasteiger partial charge in [0.25, 0.3) is 21.2 Å². The zero-order chi connectivity index (χ0) is 83.8. The second-order valence-electron chi connectivity index (χ2n) is 31.2. The van der Waals surface area contributed by atoms with Crippen molar-refractivity contribution in [2.24, 2.45) is 0 Å². The number of phenols is 1. The van der Waals surface area contributed by atoms with E-state index >= 15 is 0 Å². The number of likely N-dealkylation sites (tertiary alicyclic amines) is 3. The first kappa shape index (κ1) is 94.7. The fourth-order valence-corrected chi connectivity index (χ4v) is 13.1. The fourth-order valence-electron chi connectivity index (χ4n) is 12.3. The molecule has 624 valence electrons. The summed E-state index contributed by atoms with van der Waals surface area (Å²) in [4.78, 5) is 82.3. The van der Waals surface area contributed by atoms with E-state index in [2.05, 4.69) is 143 Å². The number of hydrogen-bond donors (Lipinski definition) is 6. The highest BCUT2D eigenvalue weighted by molar-refractivity contribution is 7.86. The molecule has 11 rings (SSSR count). The summed E-state index contributed by atoms with van der Waals surface area (Å²) in [5, 5.41) is 12.4. The highest BCUT2D eigenvalue weighted by atomic mass is 35.5. The van der Waals surface area contributed by atoms with Gasteiger partial charge < -0.3 is 58.6 Å². The molecule has 6 heterocycles. The van der Waals surface area contributed by atoms with Gasteiger partial charge in [0.1, 0.15) is 58.3 Å². The number of rotatable bonds is 16. The minimum atomic E-state index is -3.42. The van der Waals surface area contributed by atoms with E-state index in [1.165, 1.54) is 63.1 Å². The summed E-state index contributed by atoms with van der Waals surface area (Å²) in [6, 6.07) is 33.0. The minimum Gasteiger partial charge on any atom is -0.508 e. The van der Waals surface area contributed by atoms with Crippen LogP contribution in [0, 0.1) is 69.2 Å². The molecule has 5 aromatic carbocycles. The molecule has 0 spiro atoms. The first-order chi connectivity index (χ1) is 53.2. The second-order valence-corrected chi connectivity index (χ2v) is 33.1. The van der Waals surface area contributed by atoms with Gasteiger partial charge in [-0.05, 0) is 261 Å². The number of nitrogens with zero attached hydrogens (tertiary/aromatic N) is 3. The monoisotopic (exact) mass is 1610 g/mol. The number of halogens is 1. The van der Waals surface area contributed by atoms with Crippen molar-refractivity contribution in [2.45, 2.75) is 249 Å². The molecule has 24 nitrogen and oxygen atoms in total. The number of carbonyl (C=O) groups is 2. The van der Waals surface area contributed by atoms with Crippen LogP contribution < -0.4 is 46.8 Å². The summed E-state index contributed by atoms with van der Waals surface area (Å²) >= 11 is 5.35. The Balaban J connectivity index is 0.000000241. The van der Waals surface area contributed by atoms with Crippen LogP contribution in [-0.4, -0.2) is 161 Å². The Morgan fingerprint density at radius 2 is 0.850 bits per heavy atom. The third-order valence-electron chi connectivity index (χ3n) is 19.5. The maximum absolute atomic E-state index is 12.0. The SMILES string of the molecule is CC(C)(C)OC(=O)N1CCC(OS(C)(=O)=O)CC1.CCCC(CC)Oc1cccc(C)c1C.Cc1cccc(O)c1C.Cc1cccc(OC2CCN(C(=O)OC(C)(C)C)CC2)c1C.Cc1cccc(OC2CCN(Cc3cc(=O)[nH]c(=O)[nH]3)CC2)c1C.Cc1cccc(OC2CCNCC2)c1C.O=c1cc(CCl)[nH]c(=O)[nH]1. The Morgan fingerprint density at radius 3 is 1.21 bits per heavy atom. The number of aromatic amines is 4. The van der Waals surface area contributed by atoms with E-state index in [1.807, 2.05) is 96.8 Å². The van der Waals surface area contributed by atoms with Gasteiger partial charge in [0.05, 0.1) is 24.3 Å². The normalized spacial score (nSPS) is 15.3. The zero-order valence-corrected chi connectivity index (χ0v) is 71.8. The molecule has 2 amide bonds. The largest absolute Gasteiger partial charge is 0.508 e. The van der Waals surface area contributed by atoms with E-state index < -0.39 is 38.3 Å². The van der Waals surface area contributed by atoms with Crippen LogP contribution in [0.4, 0.5) is 9.59 Å². The number of benzene rings is 5. The lowest BCUT2D eigenvalue weighted by Gasteiger charge is -2.33. The van der Waals surface area contributed by atoms with Crippen molar-refractivity contribution in [3.05, 3.63) is 212 Å². The van der Waals surface area contributed by atoms with E-state index in [0.717, 1.165) is 118 Å². The highest BCUT2D eigenvalue weighted by Gasteiger charge is 2.31. The number of phenolic OH excluding ortho intramolecular Hbond substituents is 1. The molecule has 1 unspecified atom stereocenters. The number of carbonyl (C=O) groups excluding carboxylic acids is 2. The van der Waals surface area contributed by atoms with Crippen LogP contribution >= 0.6 is 11.6 Å². The van der Waals surface area contributed by atoms with Crippen molar-refractivity contribution in [1.82, 2.24) is 40.0 Å². The fraction of sp³-hybridized carbons (Fsp3) is 0.540. The van der Waals surface area contributed by atoms with Crippen LogP contribution in [-0.2, 0) is 36.2 Å². The number of aromatic hydroxyl groups is 1. The predicted octanol–water partition coefficient (Wildman–Crippen LogP) is 15.7. The summed E-state index contributed by atoms with van der Waals surface area (Å²) in [5.74, 6) is 4.55. The smallest absolute Gasteiger partial charge is 0.410 e. The van der Waals surface area contributed by atoms with Gasteiger partial charge in [0.2, 0.25) is 0 Å². The minimum absolute atomic E-state index is 0.138. The number of hydrogen-bond acceptors (Lipinski definition) is 18. The molecule has 6 N–H and O–H groups in total. The molecule has 113 heavy (non-hydrogen) atoms. The first-order valence-corrected chi connectivity index (χ1v) is 41.7. The van der Waals surface area contributed by atoms with Crippen LogP contribution in [0.25, 0.3) is 0 Å². The van der Waals surface area contributed by atoms with Crippen LogP contribution in [0.3, 0.4) is 0 Å². The maximum atomic E-state index is 12.0. The molecule has 0 bridgehead atoms. The molecular formula is C87H127ClN8O16S. The Labute approximate surface area is 674 Å². The van der Waals surface area contributed by atoms with Crippen molar-refractivity contribution < 1.29 is 55.7 Å². The van der Waals surface area contributed by atoms with Crippen molar-refractivity contribution in [3.8, 4) is 28.7 Å². The molecule has 0 radical (unpaired) electrons. The van der Waals surface area contributed by atoms with E-state index in [-0.39, 0.29) is 41.9 Å². The number of piperidine rings is 4. The number of aryl methyl sites for hydroxylation is 5. The second kappa shape index (κ2) is 46.5. The number of amides is 2. The lowest BCUT2D eigenvalue weighted by molar-refractivity contribution is 0.0117. The lowest BCUT2D eigenvalue weighted by atomic mass is 10.1. The third-order valence-corrected chi connectivity index (χ3v) is 20.4.